The van der Waals surface area contributed by atoms with Gasteiger partial charge in [0.1, 0.15) is 5.82 Å². The zero-order valence-electron chi connectivity index (χ0n) is 12.2. The summed E-state index contributed by atoms with van der Waals surface area (Å²) in [6, 6.07) is 7.64. The van der Waals surface area contributed by atoms with Gasteiger partial charge in [-0.2, -0.15) is 0 Å². The van der Waals surface area contributed by atoms with E-state index in [9.17, 15) is 0 Å². The molecule has 1 aromatic heterocycles. The molecule has 0 fully saturated rings. The quantitative estimate of drug-likeness (QED) is 0.836. The molecule has 22 heavy (non-hydrogen) atoms. The number of rotatable bonds is 2. The molecular weight excluding hydrogens is 317 g/mol. The number of nitrogens with zero attached hydrogens (tertiary/aromatic N) is 2. The van der Waals surface area contributed by atoms with E-state index < -0.39 is 0 Å². The molecule has 1 N–H and O–H groups in total. The lowest BCUT2D eigenvalue weighted by molar-refractivity contribution is 0.780. The van der Waals surface area contributed by atoms with Crippen LogP contribution in [-0.4, -0.2) is 18.1 Å². The van der Waals surface area contributed by atoms with Crippen molar-refractivity contribution in [2.45, 2.75) is 13.5 Å². The van der Waals surface area contributed by atoms with Gasteiger partial charge in [0, 0.05) is 47.0 Å². The van der Waals surface area contributed by atoms with E-state index in [1.54, 1.807) is 6.20 Å². The summed E-state index contributed by atoms with van der Waals surface area (Å²) in [6.45, 7) is 4.16. The minimum Gasteiger partial charge on any atom is -0.367 e. The van der Waals surface area contributed by atoms with Crippen molar-refractivity contribution < 1.29 is 0 Å². The maximum Gasteiger partial charge on any atom is 0.149 e. The number of anilines is 2. The Morgan fingerprint density at radius 2 is 2.09 bits per heavy atom. The molecule has 2 aromatic rings. The fourth-order valence-corrected chi connectivity index (χ4v) is 3.03. The summed E-state index contributed by atoms with van der Waals surface area (Å²) in [5.74, 6) is 6.82. The van der Waals surface area contributed by atoms with Gasteiger partial charge in [0.15, 0.2) is 0 Å². The van der Waals surface area contributed by atoms with Crippen LogP contribution in [0.15, 0.2) is 30.5 Å². The first-order valence-electron chi connectivity index (χ1n) is 7.03. The van der Waals surface area contributed by atoms with E-state index in [1.165, 1.54) is 0 Å². The molecule has 3 rings (SSSR count). The van der Waals surface area contributed by atoms with Crippen LogP contribution in [-0.2, 0) is 6.54 Å². The lowest BCUT2D eigenvalue weighted by Crippen LogP contribution is -2.34. The number of nitrogens with one attached hydrogen (secondary N) is 1. The Hall–Kier alpha value is -1.89. The van der Waals surface area contributed by atoms with Gasteiger partial charge in [-0.05, 0) is 25.1 Å². The number of benzene rings is 1. The van der Waals surface area contributed by atoms with E-state index in [0.29, 0.717) is 16.6 Å². The third-order valence-electron chi connectivity index (χ3n) is 3.56. The summed E-state index contributed by atoms with van der Waals surface area (Å²) in [4.78, 5) is 6.68. The van der Waals surface area contributed by atoms with Gasteiger partial charge < -0.3 is 10.2 Å². The predicted octanol–water partition coefficient (Wildman–Crippen LogP) is 4.19. The van der Waals surface area contributed by atoms with Gasteiger partial charge in [-0.15, -0.1) is 5.92 Å². The van der Waals surface area contributed by atoms with Crippen molar-refractivity contribution in [2.75, 3.05) is 23.3 Å². The molecule has 112 valence electrons. The topological polar surface area (TPSA) is 28.2 Å². The summed E-state index contributed by atoms with van der Waals surface area (Å²) in [5, 5.41) is 4.68. The van der Waals surface area contributed by atoms with Crippen molar-refractivity contribution in [3.63, 3.8) is 0 Å². The Morgan fingerprint density at radius 3 is 2.82 bits per heavy atom. The molecule has 0 radical (unpaired) electrons. The molecule has 1 aliphatic rings. The summed E-state index contributed by atoms with van der Waals surface area (Å²) in [6.07, 6.45) is 1.79. The highest BCUT2D eigenvalue weighted by molar-refractivity contribution is 6.36. The van der Waals surface area contributed by atoms with Gasteiger partial charge in [0.2, 0.25) is 0 Å². The average molecular weight is 332 g/mol. The third-order valence-corrected chi connectivity index (χ3v) is 4.27. The van der Waals surface area contributed by atoms with Crippen LogP contribution >= 0.6 is 23.2 Å². The van der Waals surface area contributed by atoms with E-state index in [4.69, 9.17) is 23.2 Å². The fourth-order valence-electron chi connectivity index (χ4n) is 2.51. The Labute approximate surface area is 140 Å². The SMILES string of the molecule is CC#Cc1cnc2c(c1)N(Cc1c(Cl)cccc1Cl)CCN2. The number of fused-ring (bicyclic) bond motifs is 1. The van der Waals surface area contributed by atoms with E-state index in [-0.39, 0.29) is 0 Å². The maximum atomic E-state index is 6.29. The molecule has 0 amide bonds. The normalized spacial score (nSPS) is 13.0. The molecule has 5 heteroatoms. The predicted molar refractivity (Wildman–Crippen MR) is 92.8 cm³/mol. The first-order chi connectivity index (χ1) is 10.7. The van der Waals surface area contributed by atoms with E-state index in [2.05, 4.69) is 33.1 Å². The molecule has 0 atom stereocenters. The van der Waals surface area contributed by atoms with E-state index >= 15 is 0 Å². The number of hydrogen-bond acceptors (Lipinski definition) is 3. The molecular formula is C17H15Cl2N3. The zero-order valence-corrected chi connectivity index (χ0v) is 13.7. The smallest absolute Gasteiger partial charge is 0.149 e. The number of hydrogen-bond donors (Lipinski definition) is 1. The Balaban J connectivity index is 1.97. The van der Waals surface area contributed by atoms with Crippen LogP contribution in [0.4, 0.5) is 11.5 Å². The average Bonchev–Trinajstić information content (AvgIpc) is 2.52. The minimum absolute atomic E-state index is 0.651. The maximum absolute atomic E-state index is 6.29. The third kappa shape index (κ3) is 2.99. The molecule has 1 aromatic carbocycles. The van der Waals surface area contributed by atoms with Crippen LogP contribution < -0.4 is 10.2 Å². The summed E-state index contributed by atoms with van der Waals surface area (Å²) in [7, 11) is 0. The van der Waals surface area contributed by atoms with E-state index in [1.807, 2.05) is 25.1 Å². The molecule has 0 saturated heterocycles. The molecule has 1 aliphatic heterocycles. The van der Waals surface area contributed by atoms with Crippen LogP contribution in [0.3, 0.4) is 0 Å². The Bertz CT molecular complexity index is 742. The summed E-state index contributed by atoms with van der Waals surface area (Å²) < 4.78 is 0. The second-order valence-electron chi connectivity index (χ2n) is 5.02. The van der Waals surface area contributed by atoms with Crippen molar-refractivity contribution in [1.29, 1.82) is 0 Å². The number of pyridine rings is 1. The molecule has 0 aliphatic carbocycles. The highest BCUT2D eigenvalue weighted by Crippen LogP contribution is 2.32. The van der Waals surface area contributed by atoms with Gasteiger partial charge in [-0.25, -0.2) is 4.98 Å². The molecule has 3 nitrogen and oxygen atoms in total. The highest BCUT2D eigenvalue weighted by atomic mass is 35.5. The molecule has 0 unspecified atom stereocenters. The first kappa shape index (κ1) is 15.0. The Morgan fingerprint density at radius 1 is 1.32 bits per heavy atom. The molecule has 0 spiro atoms. The van der Waals surface area contributed by atoms with Crippen molar-refractivity contribution in [1.82, 2.24) is 4.98 Å². The Kier molecular flexibility index (Phi) is 4.42. The van der Waals surface area contributed by atoms with Gasteiger partial charge in [0.05, 0.1) is 5.69 Å². The van der Waals surface area contributed by atoms with Crippen LogP contribution in [0.25, 0.3) is 0 Å². The van der Waals surface area contributed by atoms with Crippen molar-refractivity contribution >= 4 is 34.7 Å². The lowest BCUT2D eigenvalue weighted by Gasteiger charge is -2.32. The molecule has 2 heterocycles. The second-order valence-corrected chi connectivity index (χ2v) is 5.83. The summed E-state index contributed by atoms with van der Waals surface area (Å²) in [5.41, 5.74) is 2.87. The van der Waals surface area contributed by atoms with Crippen molar-refractivity contribution in [3.8, 4) is 11.8 Å². The summed E-state index contributed by atoms with van der Waals surface area (Å²) >= 11 is 12.6. The van der Waals surface area contributed by atoms with Crippen LogP contribution in [0.5, 0.6) is 0 Å². The van der Waals surface area contributed by atoms with Gasteiger partial charge in [0.25, 0.3) is 0 Å². The molecule has 0 saturated carbocycles. The van der Waals surface area contributed by atoms with Crippen molar-refractivity contribution in [3.05, 3.63) is 51.6 Å². The number of halogens is 2. The fraction of sp³-hybridized carbons (Fsp3) is 0.235. The van der Waals surface area contributed by atoms with Crippen LogP contribution in [0, 0.1) is 11.8 Å². The zero-order chi connectivity index (χ0) is 15.5. The van der Waals surface area contributed by atoms with E-state index in [0.717, 1.165) is 35.7 Å². The highest BCUT2D eigenvalue weighted by Gasteiger charge is 2.20. The standard InChI is InChI=1S/C17H15Cl2N3/c1-2-4-12-9-16-17(21-10-12)20-7-8-22(16)11-13-14(18)5-3-6-15(13)19/h3,5-6,9-10H,7-8,11H2,1H3,(H,20,21). The number of aromatic nitrogens is 1. The van der Waals surface area contributed by atoms with Crippen molar-refractivity contribution in [2.24, 2.45) is 0 Å². The first-order valence-corrected chi connectivity index (χ1v) is 7.79. The molecule has 0 bridgehead atoms. The minimum atomic E-state index is 0.651. The monoisotopic (exact) mass is 331 g/mol. The van der Waals surface area contributed by atoms with Gasteiger partial charge in [-0.1, -0.05) is 35.2 Å². The van der Waals surface area contributed by atoms with Gasteiger partial charge in [-0.3, -0.25) is 0 Å². The van der Waals surface area contributed by atoms with Crippen LogP contribution in [0.2, 0.25) is 10.0 Å². The van der Waals surface area contributed by atoms with Crippen LogP contribution in [0.1, 0.15) is 18.1 Å². The lowest BCUT2D eigenvalue weighted by atomic mass is 10.1. The van der Waals surface area contributed by atoms with Gasteiger partial charge >= 0.3 is 0 Å². The largest absolute Gasteiger partial charge is 0.367 e. The second kappa shape index (κ2) is 6.48.